The fourth-order valence-electron chi connectivity index (χ4n) is 6.12. The number of benzene rings is 3. The number of aryl methyl sites for hydroxylation is 4. The Balaban J connectivity index is 1.86. The van der Waals surface area contributed by atoms with Gasteiger partial charge in [0.2, 0.25) is 11.8 Å². The van der Waals surface area contributed by atoms with E-state index in [4.69, 9.17) is 9.47 Å². The third-order valence-corrected chi connectivity index (χ3v) is 9.30. The molecule has 4 atom stereocenters. The highest BCUT2D eigenvalue weighted by Gasteiger charge is 2.56. The van der Waals surface area contributed by atoms with Crippen LogP contribution in [0.4, 0.5) is 11.4 Å². The standard InChI is InChI=1S/C37H45BrN2O6/c1-20(2)13-14-46-34-26(38)17-25(18-30(34)45-8)31-32(35(42)39-27-15-21(3)9-11-23(27)5)29(41)19-37(7,44)33(31)36(43)40-28-16-22(4)10-12-24(28)6/h9-12,15-18,20,31-33,44H,13-14,19H2,1-8H3,(H,39,42)(H,40,43). The summed E-state index contributed by atoms with van der Waals surface area (Å²) in [7, 11) is 1.51. The van der Waals surface area contributed by atoms with Gasteiger partial charge >= 0.3 is 0 Å². The zero-order chi connectivity index (χ0) is 33.9. The summed E-state index contributed by atoms with van der Waals surface area (Å²) < 4.78 is 12.4. The van der Waals surface area contributed by atoms with E-state index in [1.165, 1.54) is 14.0 Å². The average molecular weight is 694 g/mol. The number of ketones is 1. The molecule has 0 aromatic heterocycles. The van der Waals surface area contributed by atoms with Crippen LogP contribution in [0.2, 0.25) is 0 Å². The van der Waals surface area contributed by atoms with Crippen molar-refractivity contribution >= 4 is 44.9 Å². The smallest absolute Gasteiger partial charge is 0.235 e. The molecule has 1 aliphatic rings. The van der Waals surface area contributed by atoms with Crippen molar-refractivity contribution < 1.29 is 29.0 Å². The molecule has 0 spiro atoms. The third kappa shape index (κ3) is 7.81. The summed E-state index contributed by atoms with van der Waals surface area (Å²) >= 11 is 3.62. The molecular formula is C37H45BrN2O6. The van der Waals surface area contributed by atoms with Gasteiger partial charge in [-0.3, -0.25) is 14.4 Å². The molecule has 0 bridgehead atoms. The van der Waals surface area contributed by atoms with Gasteiger partial charge in [-0.15, -0.1) is 0 Å². The van der Waals surface area contributed by atoms with Crippen LogP contribution in [0.3, 0.4) is 0 Å². The Morgan fingerprint density at radius 1 is 0.957 bits per heavy atom. The number of aliphatic hydroxyl groups is 1. The second-order valence-corrected chi connectivity index (χ2v) is 14.0. The number of methoxy groups -OCH3 is 1. The van der Waals surface area contributed by atoms with E-state index in [-0.39, 0.29) is 6.42 Å². The van der Waals surface area contributed by atoms with Crippen LogP contribution >= 0.6 is 15.9 Å². The summed E-state index contributed by atoms with van der Waals surface area (Å²) in [4.78, 5) is 42.3. The maximum atomic E-state index is 14.3. The Hall–Kier alpha value is -3.69. The summed E-state index contributed by atoms with van der Waals surface area (Å²) in [5.41, 5.74) is 3.49. The number of anilines is 2. The molecule has 4 unspecified atom stereocenters. The van der Waals surface area contributed by atoms with E-state index in [1.807, 2.05) is 64.1 Å². The maximum Gasteiger partial charge on any atom is 0.235 e. The van der Waals surface area contributed by atoms with Crippen LogP contribution in [0.1, 0.15) is 67.3 Å². The van der Waals surface area contributed by atoms with E-state index in [0.29, 0.717) is 45.4 Å². The summed E-state index contributed by atoms with van der Waals surface area (Å²) in [5.74, 6) is -3.69. The number of nitrogens with one attached hydrogen (secondary N) is 2. The predicted molar refractivity (Wildman–Crippen MR) is 185 cm³/mol. The summed E-state index contributed by atoms with van der Waals surface area (Å²) in [6.07, 6.45) is 0.465. The Morgan fingerprint density at radius 3 is 2.07 bits per heavy atom. The third-order valence-electron chi connectivity index (χ3n) is 8.71. The summed E-state index contributed by atoms with van der Waals surface area (Å²) in [6.45, 7) is 13.8. The van der Waals surface area contributed by atoms with Crippen molar-refractivity contribution in [1.29, 1.82) is 0 Å². The molecule has 2 amide bonds. The van der Waals surface area contributed by atoms with Crippen molar-refractivity contribution in [3.05, 3.63) is 80.8 Å². The van der Waals surface area contributed by atoms with Crippen molar-refractivity contribution in [2.45, 2.75) is 72.8 Å². The van der Waals surface area contributed by atoms with Crippen LogP contribution in [-0.4, -0.2) is 42.0 Å². The van der Waals surface area contributed by atoms with Gasteiger partial charge in [0.25, 0.3) is 0 Å². The van der Waals surface area contributed by atoms with E-state index in [2.05, 4.69) is 40.4 Å². The number of amides is 2. The van der Waals surface area contributed by atoms with E-state index >= 15 is 0 Å². The Kier molecular flexibility index (Phi) is 11.0. The second kappa shape index (κ2) is 14.4. The fourth-order valence-corrected chi connectivity index (χ4v) is 6.70. The lowest BCUT2D eigenvalue weighted by molar-refractivity contribution is -0.150. The molecule has 0 aliphatic heterocycles. The van der Waals surface area contributed by atoms with Crippen molar-refractivity contribution in [2.24, 2.45) is 17.8 Å². The lowest BCUT2D eigenvalue weighted by atomic mass is 9.61. The van der Waals surface area contributed by atoms with E-state index in [1.54, 1.807) is 12.1 Å². The quantitative estimate of drug-likeness (QED) is 0.191. The van der Waals surface area contributed by atoms with Crippen molar-refractivity contribution in [3.8, 4) is 11.5 Å². The normalized spacial score (nSPS) is 21.2. The fraction of sp³-hybridized carbons (Fsp3) is 0.432. The minimum atomic E-state index is -1.76. The van der Waals surface area contributed by atoms with Gasteiger partial charge in [-0.25, -0.2) is 0 Å². The number of carbonyl (C=O) groups excluding carboxylic acids is 3. The molecule has 3 N–H and O–H groups in total. The van der Waals surface area contributed by atoms with Crippen LogP contribution in [0.25, 0.3) is 0 Å². The molecule has 1 fully saturated rings. The van der Waals surface area contributed by atoms with Crippen molar-refractivity contribution in [3.63, 3.8) is 0 Å². The molecule has 46 heavy (non-hydrogen) atoms. The van der Waals surface area contributed by atoms with Gasteiger partial charge in [0.15, 0.2) is 11.5 Å². The SMILES string of the molecule is COc1cc(C2C(C(=O)Nc3cc(C)ccc3C)C(=O)CC(C)(O)C2C(=O)Nc2cc(C)ccc2C)cc(Br)c1OCCC(C)C. The number of halogens is 1. The van der Waals surface area contributed by atoms with Crippen LogP contribution in [0, 0.1) is 45.4 Å². The molecule has 246 valence electrons. The van der Waals surface area contributed by atoms with E-state index < -0.39 is 41.0 Å². The molecule has 0 heterocycles. The van der Waals surface area contributed by atoms with Crippen LogP contribution in [0.15, 0.2) is 53.0 Å². The highest BCUT2D eigenvalue weighted by molar-refractivity contribution is 9.10. The van der Waals surface area contributed by atoms with Gasteiger partial charge in [-0.2, -0.15) is 0 Å². The van der Waals surface area contributed by atoms with Crippen molar-refractivity contribution in [2.75, 3.05) is 24.4 Å². The predicted octanol–water partition coefficient (Wildman–Crippen LogP) is 7.43. The Labute approximate surface area is 280 Å². The number of rotatable bonds is 10. The highest BCUT2D eigenvalue weighted by atomic mass is 79.9. The number of hydrogen-bond donors (Lipinski definition) is 3. The van der Waals surface area contributed by atoms with Crippen LogP contribution in [0.5, 0.6) is 11.5 Å². The number of carbonyl (C=O) groups is 3. The summed E-state index contributed by atoms with van der Waals surface area (Å²) in [5, 5.41) is 17.8. The summed E-state index contributed by atoms with van der Waals surface area (Å²) in [6, 6.07) is 14.9. The topological polar surface area (TPSA) is 114 Å². The highest BCUT2D eigenvalue weighted by Crippen LogP contribution is 2.49. The van der Waals surface area contributed by atoms with Crippen molar-refractivity contribution in [1.82, 2.24) is 0 Å². The second-order valence-electron chi connectivity index (χ2n) is 13.2. The van der Waals surface area contributed by atoms with E-state index in [0.717, 1.165) is 28.7 Å². The average Bonchev–Trinajstić information content (AvgIpc) is 2.96. The minimum absolute atomic E-state index is 0.367. The molecule has 8 nitrogen and oxygen atoms in total. The molecule has 4 rings (SSSR count). The van der Waals surface area contributed by atoms with Gasteiger partial charge < -0.3 is 25.2 Å². The molecule has 3 aromatic rings. The van der Waals surface area contributed by atoms with Gasteiger partial charge in [0.1, 0.15) is 11.7 Å². The first-order valence-electron chi connectivity index (χ1n) is 15.6. The first-order chi connectivity index (χ1) is 21.6. The van der Waals surface area contributed by atoms with Gasteiger partial charge in [-0.05, 0) is 115 Å². The molecular weight excluding hydrogens is 648 g/mol. The Bertz CT molecular complexity index is 1630. The van der Waals surface area contributed by atoms with Gasteiger partial charge in [0.05, 0.1) is 29.7 Å². The zero-order valence-corrected chi connectivity index (χ0v) is 29.5. The molecule has 0 saturated heterocycles. The van der Waals surface area contributed by atoms with Gasteiger partial charge in [0, 0.05) is 23.7 Å². The lowest BCUT2D eigenvalue weighted by Gasteiger charge is -2.44. The molecule has 3 aromatic carbocycles. The Morgan fingerprint density at radius 2 is 1.52 bits per heavy atom. The molecule has 0 radical (unpaired) electrons. The molecule has 1 aliphatic carbocycles. The molecule has 1 saturated carbocycles. The largest absolute Gasteiger partial charge is 0.493 e. The van der Waals surface area contributed by atoms with Crippen LogP contribution < -0.4 is 20.1 Å². The first-order valence-corrected chi connectivity index (χ1v) is 16.4. The van der Waals surface area contributed by atoms with Gasteiger partial charge in [-0.1, -0.05) is 38.1 Å². The number of ether oxygens (including phenoxy) is 2. The van der Waals surface area contributed by atoms with E-state index in [9.17, 15) is 19.5 Å². The lowest BCUT2D eigenvalue weighted by Crippen LogP contribution is -2.56. The first kappa shape index (κ1) is 35.2. The minimum Gasteiger partial charge on any atom is -0.493 e. The van der Waals surface area contributed by atoms with Crippen LogP contribution in [-0.2, 0) is 14.4 Å². The monoisotopic (exact) mass is 692 g/mol. The number of hydrogen-bond acceptors (Lipinski definition) is 6. The molecule has 9 heteroatoms. The zero-order valence-electron chi connectivity index (χ0n) is 27.9. The number of Topliss-reactive ketones (excluding diaryl/α,β-unsaturated/α-hetero) is 1. The maximum absolute atomic E-state index is 14.3.